The van der Waals surface area contributed by atoms with Crippen LogP contribution in [0.2, 0.25) is 0 Å². The van der Waals surface area contributed by atoms with Gasteiger partial charge in [0.25, 0.3) is 0 Å². The molecular weight excluding hydrogens is 504 g/mol. The first-order valence-corrected chi connectivity index (χ1v) is 15.0. The molecule has 1 aliphatic heterocycles. The summed E-state index contributed by atoms with van der Waals surface area (Å²) in [4.78, 5) is 6.66. The molecule has 10 nitrogen and oxygen atoms in total. The number of anilines is 2. The molecule has 0 unspecified atom stereocenters. The second-order valence-electron chi connectivity index (χ2n) is 10.5. The molecule has 1 aliphatic carbocycles. The first-order valence-electron chi connectivity index (χ1n) is 13.2. The van der Waals surface area contributed by atoms with Gasteiger partial charge in [-0.05, 0) is 55.3 Å². The molecule has 204 valence electrons. The summed E-state index contributed by atoms with van der Waals surface area (Å²) < 4.78 is 32.1. The van der Waals surface area contributed by atoms with Crippen molar-refractivity contribution in [2.24, 2.45) is 11.8 Å². The number of hydrogen-bond acceptors (Lipinski definition) is 9. The Morgan fingerprint density at radius 3 is 2.58 bits per heavy atom. The Bertz CT molecular complexity index is 1350. The second-order valence-corrected chi connectivity index (χ2v) is 12.5. The van der Waals surface area contributed by atoms with E-state index in [1.807, 2.05) is 29.2 Å². The van der Waals surface area contributed by atoms with Crippen molar-refractivity contribution in [3.05, 3.63) is 53.9 Å². The minimum atomic E-state index is -3.55. The van der Waals surface area contributed by atoms with E-state index < -0.39 is 10.0 Å². The number of hydrogen-bond donors (Lipinski definition) is 2. The van der Waals surface area contributed by atoms with E-state index >= 15 is 0 Å². The lowest BCUT2D eigenvalue weighted by Gasteiger charge is -2.30. The fourth-order valence-electron chi connectivity index (χ4n) is 5.16. The molecule has 0 amide bonds. The number of benzene rings is 1. The van der Waals surface area contributed by atoms with Gasteiger partial charge in [-0.25, -0.2) is 13.4 Å². The van der Waals surface area contributed by atoms with E-state index in [1.54, 1.807) is 6.07 Å². The summed E-state index contributed by atoms with van der Waals surface area (Å²) in [5.74, 6) is 2.97. The van der Waals surface area contributed by atoms with Crippen LogP contribution in [0.25, 0.3) is 11.5 Å². The average Bonchev–Trinajstić information content (AvgIpc) is 3.39. The molecule has 0 spiro atoms. The highest BCUT2D eigenvalue weighted by Crippen LogP contribution is 2.40. The normalized spacial score (nSPS) is 23.3. The summed E-state index contributed by atoms with van der Waals surface area (Å²) in [6, 6.07) is 13.7. The van der Waals surface area contributed by atoms with Gasteiger partial charge in [-0.15, -0.1) is 10.2 Å². The summed E-state index contributed by atoms with van der Waals surface area (Å²) in [6.07, 6.45) is 4.34. The predicted molar refractivity (Wildman–Crippen MR) is 147 cm³/mol. The van der Waals surface area contributed by atoms with Crippen molar-refractivity contribution in [2.45, 2.75) is 38.1 Å². The monoisotopic (exact) mass is 540 g/mol. The van der Waals surface area contributed by atoms with Gasteiger partial charge in [0.05, 0.1) is 18.9 Å². The molecule has 2 fully saturated rings. The second kappa shape index (κ2) is 11.0. The number of pyridine rings is 1. The minimum absolute atomic E-state index is 0.0385. The molecule has 0 radical (unpaired) electrons. The third-order valence-corrected chi connectivity index (χ3v) is 8.87. The third kappa shape index (κ3) is 5.84. The van der Waals surface area contributed by atoms with Crippen molar-refractivity contribution in [3.63, 3.8) is 0 Å². The zero-order valence-corrected chi connectivity index (χ0v) is 22.9. The fraction of sp³-hybridized carbons (Fsp3) is 0.519. The molecule has 1 saturated carbocycles. The van der Waals surface area contributed by atoms with Crippen LogP contribution in [0, 0.1) is 11.8 Å². The van der Waals surface area contributed by atoms with Crippen molar-refractivity contribution in [3.8, 4) is 11.5 Å². The molecule has 2 N–H and O–H groups in total. The Morgan fingerprint density at radius 2 is 1.89 bits per heavy atom. The van der Waals surface area contributed by atoms with E-state index in [2.05, 4.69) is 39.6 Å². The lowest BCUT2D eigenvalue weighted by Crippen LogP contribution is -2.33. The van der Waals surface area contributed by atoms with Gasteiger partial charge in [0, 0.05) is 31.6 Å². The summed E-state index contributed by atoms with van der Waals surface area (Å²) in [7, 11) is -2.08. The Balaban J connectivity index is 1.51. The average molecular weight is 541 g/mol. The SMILES string of the molecule is C[C@H]1C[C@@H]1CN(CCO)c1cc(-c2nnc([C@H]3NCCC[C@H]3c3ccccc3)o2)cc(N(C)S(C)(=O)=O)n1. The highest BCUT2D eigenvalue weighted by molar-refractivity contribution is 7.92. The molecule has 0 bridgehead atoms. The number of rotatable bonds is 10. The van der Waals surface area contributed by atoms with Crippen LogP contribution in [-0.4, -0.2) is 68.3 Å². The number of nitrogens with zero attached hydrogens (tertiary/aromatic N) is 5. The quantitative estimate of drug-likeness (QED) is 0.399. The van der Waals surface area contributed by atoms with Crippen LogP contribution in [0.4, 0.5) is 11.6 Å². The van der Waals surface area contributed by atoms with Gasteiger partial charge in [0.1, 0.15) is 11.6 Å². The van der Waals surface area contributed by atoms with E-state index in [0.717, 1.165) is 42.9 Å². The van der Waals surface area contributed by atoms with Crippen LogP contribution < -0.4 is 14.5 Å². The van der Waals surface area contributed by atoms with Crippen molar-refractivity contribution in [2.75, 3.05) is 48.7 Å². The molecular formula is C27H36N6O4S. The molecule has 1 saturated heterocycles. The van der Waals surface area contributed by atoms with Gasteiger partial charge < -0.3 is 19.7 Å². The van der Waals surface area contributed by atoms with Crippen LogP contribution in [0.5, 0.6) is 0 Å². The molecule has 38 heavy (non-hydrogen) atoms. The van der Waals surface area contributed by atoms with Crippen LogP contribution in [0.1, 0.15) is 49.6 Å². The van der Waals surface area contributed by atoms with E-state index in [-0.39, 0.29) is 24.4 Å². The standard InChI is InChI=1S/C27H36N6O4S/c1-18-14-21(18)17-33(12-13-34)24-16-20(15-23(29-24)32(2)38(3,35)36)26-30-31-27(37-26)25-22(10-7-11-28-25)19-8-5-4-6-9-19/h4-6,8-9,15-16,18,21-22,25,28,34H,7,10-14,17H2,1-3H3/t18-,21+,22-,25-/m0/s1. The number of aliphatic hydroxyl groups excluding tert-OH is 1. The van der Waals surface area contributed by atoms with Gasteiger partial charge in [-0.3, -0.25) is 4.31 Å². The van der Waals surface area contributed by atoms with Crippen LogP contribution in [0.3, 0.4) is 0 Å². The minimum Gasteiger partial charge on any atom is -0.419 e. The summed E-state index contributed by atoms with van der Waals surface area (Å²) in [6.45, 7) is 4.16. The maximum absolute atomic E-state index is 12.4. The Labute approximate surface area is 224 Å². The topological polar surface area (TPSA) is 125 Å². The van der Waals surface area contributed by atoms with E-state index in [4.69, 9.17) is 4.42 Å². The van der Waals surface area contributed by atoms with Crippen molar-refractivity contribution >= 4 is 21.7 Å². The van der Waals surface area contributed by atoms with Crippen LogP contribution >= 0.6 is 0 Å². The lowest BCUT2D eigenvalue weighted by molar-refractivity contribution is 0.300. The first kappa shape index (κ1) is 26.6. The maximum atomic E-state index is 12.4. The van der Waals surface area contributed by atoms with E-state index in [1.165, 1.54) is 12.6 Å². The summed E-state index contributed by atoms with van der Waals surface area (Å²) >= 11 is 0. The van der Waals surface area contributed by atoms with E-state index in [9.17, 15) is 13.5 Å². The van der Waals surface area contributed by atoms with Gasteiger partial charge in [0.15, 0.2) is 0 Å². The largest absolute Gasteiger partial charge is 0.419 e. The van der Waals surface area contributed by atoms with Gasteiger partial charge in [-0.1, -0.05) is 37.3 Å². The molecule has 3 heterocycles. The highest BCUT2D eigenvalue weighted by atomic mass is 32.2. The highest BCUT2D eigenvalue weighted by Gasteiger charge is 2.35. The summed E-state index contributed by atoms with van der Waals surface area (Å²) in [5, 5.41) is 22.1. The molecule has 3 aromatic rings. The molecule has 2 aromatic heterocycles. The fourth-order valence-corrected chi connectivity index (χ4v) is 5.59. The van der Waals surface area contributed by atoms with Crippen molar-refractivity contribution in [1.29, 1.82) is 0 Å². The van der Waals surface area contributed by atoms with Crippen molar-refractivity contribution < 1.29 is 17.9 Å². The van der Waals surface area contributed by atoms with E-state index in [0.29, 0.717) is 41.5 Å². The molecule has 2 aliphatic rings. The zero-order chi connectivity index (χ0) is 26.9. The molecule has 11 heteroatoms. The Hall–Kier alpha value is -3.02. The molecule has 1 aromatic carbocycles. The molecule has 4 atom stereocenters. The first-order chi connectivity index (χ1) is 18.2. The Kier molecular flexibility index (Phi) is 7.69. The maximum Gasteiger partial charge on any atom is 0.248 e. The third-order valence-electron chi connectivity index (χ3n) is 7.68. The number of aromatic nitrogens is 3. The van der Waals surface area contributed by atoms with Gasteiger partial charge >= 0.3 is 0 Å². The predicted octanol–water partition coefficient (Wildman–Crippen LogP) is 3.19. The summed E-state index contributed by atoms with van der Waals surface area (Å²) in [5.41, 5.74) is 1.81. The van der Waals surface area contributed by atoms with Crippen LogP contribution in [0.15, 0.2) is 46.9 Å². The van der Waals surface area contributed by atoms with Gasteiger partial charge in [0.2, 0.25) is 21.8 Å². The zero-order valence-electron chi connectivity index (χ0n) is 22.1. The van der Waals surface area contributed by atoms with Gasteiger partial charge in [-0.2, -0.15) is 0 Å². The Morgan fingerprint density at radius 1 is 1.16 bits per heavy atom. The van der Waals surface area contributed by atoms with Crippen LogP contribution in [-0.2, 0) is 10.0 Å². The molecule has 5 rings (SSSR count). The number of aliphatic hydroxyl groups is 1. The smallest absolute Gasteiger partial charge is 0.248 e. The number of nitrogens with one attached hydrogen (secondary N) is 1. The number of piperidine rings is 1. The number of sulfonamides is 1. The van der Waals surface area contributed by atoms with Crippen molar-refractivity contribution in [1.82, 2.24) is 20.5 Å². The lowest BCUT2D eigenvalue weighted by atomic mass is 9.85.